The zero-order valence-electron chi connectivity index (χ0n) is 18.6. The molecule has 3 aliphatic rings. The molecule has 3 N–H and O–H groups in total. The number of ether oxygens (including phenoxy) is 1. The normalized spacial score (nSPS) is 26.8. The molecule has 1 aromatic heterocycles. The van der Waals surface area contributed by atoms with Gasteiger partial charge < -0.3 is 25.0 Å². The van der Waals surface area contributed by atoms with Crippen molar-refractivity contribution in [3.05, 3.63) is 40.4 Å². The fourth-order valence-corrected chi connectivity index (χ4v) is 6.80. The lowest BCUT2D eigenvalue weighted by Gasteiger charge is -2.46. The molecule has 0 aromatic carbocycles. The summed E-state index contributed by atoms with van der Waals surface area (Å²) >= 11 is 2.50. The number of β-lactam (4-membered cyclic amide) rings is 1. The maximum atomic E-state index is 12.5. The predicted octanol–water partition coefficient (Wildman–Crippen LogP) is 1.77. The van der Waals surface area contributed by atoms with E-state index in [9.17, 15) is 29.7 Å². The van der Waals surface area contributed by atoms with Gasteiger partial charge in [-0.15, -0.1) is 11.3 Å². The van der Waals surface area contributed by atoms with Crippen LogP contribution in [0.15, 0.2) is 39.1 Å². The molecule has 34 heavy (non-hydrogen) atoms. The Morgan fingerprint density at radius 2 is 2.21 bits per heavy atom. The first-order valence-electron chi connectivity index (χ1n) is 10.7. The maximum Gasteiger partial charge on any atom is 0.410 e. The summed E-state index contributed by atoms with van der Waals surface area (Å²) < 4.78 is 5.66. The first kappa shape index (κ1) is 24.5. The highest BCUT2D eigenvalue weighted by Crippen LogP contribution is 2.52. The second-order valence-electron chi connectivity index (χ2n) is 8.25. The molecule has 5 atom stereocenters. The number of amides is 2. The van der Waals surface area contributed by atoms with Crippen LogP contribution in [0.2, 0.25) is 0 Å². The topological polar surface area (TPSA) is 140 Å². The van der Waals surface area contributed by atoms with Crippen LogP contribution >= 0.6 is 23.1 Å². The molecule has 0 saturated carbocycles. The number of carbonyl (C=O) groups excluding carboxylic acids is 2. The van der Waals surface area contributed by atoms with E-state index in [0.717, 1.165) is 0 Å². The van der Waals surface area contributed by atoms with Gasteiger partial charge in [-0.05, 0) is 6.92 Å². The van der Waals surface area contributed by atoms with Crippen LogP contribution < -0.4 is 0 Å². The van der Waals surface area contributed by atoms with Crippen molar-refractivity contribution in [2.75, 3.05) is 19.8 Å². The van der Waals surface area contributed by atoms with E-state index in [-0.39, 0.29) is 37.3 Å². The lowest BCUT2D eigenvalue weighted by atomic mass is 9.79. The second-order valence-corrected chi connectivity index (χ2v) is 10.4. The van der Waals surface area contributed by atoms with Crippen LogP contribution in [-0.2, 0) is 14.3 Å². The monoisotopic (exact) mass is 507 g/mol. The van der Waals surface area contributed by atoms with Crippen LogP contribution in [-0.4, -0.2) is 86.0 Å². The Balaban J connectivity index is 1.54. The average Bonchev–Trinajstić information content (AvgIpc) is 3.48. The molecule has 0 aliphatic carbocycles. The highest BCUT2D eigenvalue weighted by molar-refractivity contribution is 8.04. The Kier molecular flexibility index (Phi) is 6.85. The molecule has 4 heterocycles. The number of fused-ring (bicyclic) bond motifs is 1. The second kappa shape index (κ2) is 9.53. The molecular weight excluding hydrogens is 482 g/mol. The first-order valence-corrected chi connectivity index (χ1v) is 12.4. The van der Waals surface area contributed by atoms with Gasteiger partial charge in [-0.2, -0.15) is 0 Å². The summed E-state index contributed by atoms with van der Waals surface area (Å²) in [5.41, 5.74) is 1.20. The van der Waals surface area contributed by atoms with E-state index in [1.54, 1.807) is 11.5 Å². The van der Waals surface area contributed by atoms with Crippen molar-refractivity contribution in [2.24, 2.45) is 11.8 Å². The lowest BCUT2D eigenvalue weighted by Crippen LogP contribution is -2.63. The summed E-state index contributed by atoms with van der Waals surface area (Å²) in [7, 11) is 0. The minimum atomic E-state index is -1.20. The number of carbonyl (C=O) groups is 3. The third-order valence-electron chi connectivity index (χ3n) is 6.26. The third kappa shape index (κ3) is 3.94. The van der Waals surface area contributed by atoms with Gasteiger partial charge in [-0.3, -0.25) is 9.69 Å². The molecule has 2 amide bonds. The SMILES string of the molecule is C=CCOC(=O)N1CC=C(c2csc(SC3=C(C(=O)O)N4C(=O)[C@H]([C@@H](C)O)[C@H]4[C@H]3C)n2)[C@@H]1CO. The number of carboxylic acid groups (broad SMARTS) is 1. The number of nitrogens with zero attached hydrogens (tertiary/aromatic N) is 3. The van der Waals surface area contributed by atoms with Crippen molar-refractivity contribution < 1.29 is 34.4 Å². The number of hydrogen-bond acceptors (Lipinski definition) is 9. The number of hydrogen-bond donors (Lipinski definition) is 3. The quantitative estimate of drug-likeness (QED) is 0.355. The summed E-state index contributed by atoms with van der Waals surface area (Å²) in [6.07, 6.45) is 1.84. The number of aliphatic carboxylic acids is 1. The highest BCUT2D eigenvalue weighted by atomic mass is 32.2. The van der Waals surface area contributed by atoms with E-state index < -0.39 is 36.2 Å². The van der Waals surface area contributed by atoms with Gasteiger partial charge in [0.05, 0.1) is 36.4 Å². The Bertz CT molecular complexity index is 1100. The van der Waals surface area contributed by atoms with Crippen LogP contribution in [0.3, 0.4) is 0 Å². The van der Waals surface area contributed by atoms with E-state index in [4.69, 9.17) is 4.74 Å². The van der Waals surface area contributed by atoms with Crippen LogP contribution in [0.25, 0.3) is 5.57 Å². The lowest BCUT2D eigenvalue weighted by molar-refractivity contribution is -0.163. The van der Waals surface area contributed by atoms with Gasteiger partial charge in [0.25, 0.3) is 0 Å². The molecular formula is C22H25N3O7S2. The minimum absolute atomic E-state index is 0.0643. The summed E-state index contributed by atoms with van der Waals surface area (Å²) in [6, 6.07) is -1.00. The standard InChI is InChI=1S/C22H25N3O7S2/c1-4-7-32-22(31)24-6-5-12(14(24)8-26)13-9-33-21(23-13)34-18-10(2)16-15(11(3)27)19(28)25(16)17(18)20(29)30/h4-5,9-11,14-16,26-27H,1,6-8H2,2-3H3,(H,29,30)/t10-,11-,14+,15-,16-/m1/s1. The van der Waals surface area contributed by atoms with Gasteiger partial charge in [-0.25, -0.2) is 14.6 Å². The number of rotatable bonds is 8. The van der Waals surface area contributed by atoms with Gasteiger partial charge in [0.1, 0.15) is 12.3 Å². The highest BCUT2D eigenvalue weighted by Gasteiger charge is 2.60. The number of thiazole rings is 1. The van der Waals surface area contributed by atoms with Crippen molar-refractivity contribution in [2.45, 2.75) is 36.4 Å². The number of aliphatic hydroxyl groups excluding tert-OH is 2. The van der Waals surface area contributed by atoms with Gasteiger partial charge in [0.15, 0.2) is 4.34 Å². The zero-order valence-corrected chi connectivity index (χ0v) is 20.2. The molecule has 12 heteroatoms. The predicted molar refractivity (Wildman–Crippen MR) is 125 cm³/mol. The fraction of sp³-hybridized carbons (Fsp3) is 0.455. The van der Waals surface area contributed by atoms with Gasteiger partial charge in [0, 0.05) is 28.3 Å². The Labute approximate surface area is 204 Å². The number of thioether (sulfide) groups is 1. The van der Waals surface area contributed by atoms with E-state index in [1.165, 1.54) is 45.9 Å². The van der Waals surface area contributed by atoms with Crippen molar-refractivity contribution in [3.8, 4) is 0 Å². The average molecular weight is 508 g/mol. The van der Waals surface area contributed by atoms with E-state index in [0.29, 0.717) is 20.5 Å². The fourth-order valence-electron chi connectivity index (χ4n) is 4.70. The Morgan fingerprint density at radius 1 is 1.47 bits per heavy atom. The molecule has 0 bridgehead atoms. The summed E-state index contributed by atoms with van der Waals surface area (Å²) in [6.45, 7) is 6.92. The van der Waals surface area contributed by atoms with Crippen LogP contribution in [0.1, 0.15) is 19.5 Å². The van der Waals surface area contributed by atoms with Crippen LogP contribution in [0.5, 0.6) is 0 Å². The van der Waals surface area contributed by atoms with Gasteiger partial charge >= 0.3 is 12.1 Å². The van der Waals surface area contributed by atoms with Crippen LogP contribution in [0, 0.1) is 11.8 Å². The third-order valence-corrected chi connectivity index (χ3v) is 8.49. The maximum absolute atomic E-state index is 12.5. The molecule has 0 unspecified atom stereocenters. The molecule has 1 saturated heterocycles. The van der Waals surface area contributed by atoms with Crippen LogP contribution in [0.4, 0.5) is 4.79 Å². The first-order chi connectivity index (χ1) is 16.2. The summed E-state index contributed by atoms with van der Waals surface area (Å²) in [5.74, 6) is -2.48. The molecule has 0 spiro atoms. The molecule has 4 rings (SSSR count). The van der Waals surface area contributed by atoms with Crippen molar-refractivity contribution in [1.82, 2.24) is 14.8 Å². The number of aliphatic hydroxyl groups is 2. The van der Waals surface area contributed by atoms with Crippen molar-refractivity contribution in [3.63, 3.8) is 0 Å². The summed E-state index contributed by atoms with van der Waals surface area (Å²) in [4.78, 5) is 44.6. The summed E-state index contributed by atoms with van der Waals surface area (Å²) in [5, 5.41) is 31.5. The minimum Gasteiger partial charge on any atom is -0.477 e. The van der Waals surface area contributed by atoms with E-state index >= 15 is 0 Å². The largest absolute Gasteiger partial charge is 0.477 e. The molecule has 1 aromatic rings. The van der Waals surface area contributed by atoms with Gasteiger partial charge in [0.2, 0.25) is 5.91 Å². The Morgan fingerprint density at radius 3 is 2.82 bits per heavy atom. The molecule has 3 aliphatic heterocycles. The van der Waals surface area contributed by atoms with Crippen molar-refractivity contribution >= 4 is 46.6 Å². The molecule has 10 nitrogen and oxygen atoms in total. The number of carboxylic acids is 1. The molecule has 1 fully saturated rings. The van der Waals surface area contributed by atoms with Gasteiger partial charge in [-0.1, -0.05) is 37.4 Å². The van der Waals surface area contributed by atoms with E-state index in [1.807, 2.05) is 6.92 Å². The Hall–Kier alpha value is -2.67. The van der Waals surface area contributed by atoms with Crippen molar-refractivity contribution in [1.29, 1.82) is 0 Å². The molecule has 0 radical (unpaired) electrons. The zero-order chi connectivity index (χ0) is 24.7. The molecule has 182 valence electrons. The number of aromatic nitrogens is 1. The van der Waals surface area contributed by atoms with E-state index in [2.05, 4.69) is 11.6 Å². The smallest absolute Gasteiger partial charge is 0.410 e.